The van der Waals surface area contributed by atoms with Crippen LogP contribution < -0.4 is 10.1 Å². The van der Waals surface area contributed by atoms with Crippen LogP contribution in [0.25, 0.3) is 0 Å². The molecule has 0 saturated carbocycles. The maximum absolute atomic E-state index is 13.1. The highest BCUT2D eigenvalue weighted by molar-refractivity contribution is 7.89. The molecule has 2 aliphatic heterocycles. The Labute approximate surface area is 204 Å². The van der Waals surface area contributed by atoms with Gasteiger partial charge in [-0.05, 0) is 42.5 Å². The van der Waals surface area contributed by atoms with E-state index in [4.69, 9.17) is 14.2 Å². The van der Waals surface area contributed by atoms with E-state index in [2.05, 4.69) is 5.32 Å². The number of carbonyl (C=O) groups is 1. The molecule has 0 unspecified atom stereocenters. The Bertz CT molecular complexity index is 1270. The number of anilines is 1. The first-order valence-corrected chi connectivity index (χ1v) is 13.9. The van der Waals surface area contributed by atoms with Gasteiger partial charge in [-0.3, -0.25) is 4.79 Å². The van der Waals surface area contributed by atoms with Crippen molar-refractivity contribution in [1.82, 2.24) is 8.61 Å². The summed E-state index contributed by atoms with van der Waals surface area (Å²) in [4.78, 5) is 12.8. The van der Waals surface area contributed by atoms with Gasteiger partial charge in [0.05, 0.1) is 38.4 Å². The number of ether oxygens (including phenoxy) is 3. The number of carbonyl (C=O) groups excluding carboxylic acids is 1. The number of rotatable bonds is 7. The predicted molar refractivity (Wildman–Crippen MR) is 127 cm³/mol. The first kappa shape index (κ1) is 25.5. The monoisotopic (exact) mass is 525 g/mol. The smallest absolute Gasteiger partial charge is 0.255 e. The van der Waals surface area contributed by atoms with Crippen molar-refractivity contribution in [2.24, 2.45) is 0 Å². The lowest BCUT2D eigenvalue weighted by molar-refractivity contribution is 0.0729. The van der Waals surface area contributed by atoms with Crippen LogP contribution in [-0.2, 0) is 29.5 Å². The van der Waals surface area contributed by atoms with Crippen molar-refractivity contribution in [2.75, 3.05) is 65.0 Å². The molecule has 11 nitrogen and oxygen atoms in total. The third-order valence-corrected chi connectivity index (χ3v) is 9.57. The molecule has 1 N–H and O–H groups in total. The highest BCUT2D eigenvalue weighted by Gasteiger charge is 2.30. The molecule has 2 fully saturated rings. The van der Waals surface area contributed by atoms with Gasteiger partial charge in [-0.25, -0.2) is 16.8 Å². The molecule has 0 bridgehead atoms. The number of hydrogen-bond donors (Lipinski definition) is 1. The second-order valence-corrected chi connectivity index (χ2v) is 11.7. The third kappa shape index (κ3) is 5.50. The van der Waals surface area contributed by atoms with Gasteiger partial charge in [0, 0.05) is 37.4 Å². The van der Waals surface area contributed by atoms with Crippen molar-refractivity contribution < 1.29 is 35.8 Å². The Hall–Kier alpha value is -2.55. The number of nitrogens with zero attached hydrogens (tertiary/aromatic N) is 2. The van der Waals surface area contributed by atoms with Crippen LogP contribution in [0.1, 0.15) is 10.4 Å². The van der Waals surface area contributed by atoms with E-state index < -0.39 is 26.0 Å². The van der Waals surface area contributed by atoms with E-state index >= 15 is 0 Å². The molecule has 4 rings (SSSR count). The highest BCUT2D eigenvalue weighted by Crippen LogP contribution is 2.30. The third-order valence-electron chi connectivity index (χ3n) is 5.73. The van der Waals surface area contributed by atoms with Crippen molar-refractivity contribution in [3.63, 3.8) is 0 Å². The summed E-state index contributed by atoms with van der Waals surface area (Å²) in [6.07, 6.45) is 0. The molecule has 2 aromatic carbocycles. The molecule has 0 atom stereocenters. The Morgan fingerprint density at radius 2 is 1.37 bits per heavy atom. The molecular weight excluding hydrogens is 498 g/mol. The van der Waals surface area contributed by atoms with E-state index in [1.54, 1.807) is 0 Å². The van der Waals surface area contributed by atoms with Gasteiger partial charge in [0.2, 0.25) is 20.0 Å². The summed E-state index contributed by atoms with van der Waals surface area (Å²) in [5, 5.41) is 2.67. The summed E-state index contributed by atoms with van der Waals surface area (Å²) in [7, 11) is -6.17. The highest BCUT2D eigenvalue weighted by atomic mass is 32.2. The summed E-state index contributed by atoms with van der Waals surface area (Å²) in [5.41, 5.74) is 0.479. The fourth-order valence-electron chi connectivity index (χ4n) is 3.80. The van der Waals surface area contributed by atoms with Crippen LogP contribution in [0.15, 0.2) is 52.3 Å². The minimum Gasteiger partial charge on any atom is -0.495 e. The van der Waals surface area contributed by atoms with Crippen LogP contribution >= 0.6 is 0 Å². The van der Waals surface area contributed by atoms with Crippen LogP contribution in [0, 0.1) is 0 Å². The van der Waals surface area contributed by atoms with Gasteiger partial charge < -0.3 is 19.5 Å². The van der Waals surface area contributed by atoms with E-state index in [9.17, 15) is 21.6 Å². The summed E-state index contributed by atoms with van der Waals surface area (Å²) in [6.45, 7) is 2.28. The number of nitrogens with one attached hydrogen (secondary N) is 1. The first-order valence-electron chi connectivity index (χ1n) is 11.0. The van der Waals surface area contributed by atoms with E-state index in [1.807, 2.05) is 0 Å². The standard InChI is InChI=1S/C22H27N3O8S2/c1-31-20-7-4-18(16-21(20)35(29,30)25-10-14-33-15-11-25)23-22(26)17-2-5-19(6-3-17)34(27,28)24-8-12-32-13-9-24/h2-7,16H,8-15H2,1H3,(H,23,26). The molecule has 2 aromatic rings. The largest absolute Gasteiger partial charge is 0.495 e. The molecular formula is C22H27N3O8S2. The van der Waals surface area contributed by atoms with Gasteiger partial charge in [0.25, 0.3) is 5.91 Å². The van der Waals surface area contributed by atoms with Crippen LogP contribution in [0.4, 0.5) is 5.69 Å². The molecule has 2 saturated heterocycles. The second-order valence-electron chi connectivity index (χ2n) is 7.88. The number of benzene rings is 2. The van der Waals surface area contributed by atoms with Crippen LogP contribution in [0.5, 0.6) is 5.75 Å². The normalized spacial score (nSPS) is 18.2. The minimum absolute atomic E-state index is 0.0633. The summed E-state index contributed by atoms with van der Waals surface area (Å²) in [6, 6.07) is 9.94. The van der Waals surface area contributed by atoms with Gasteiger partial charge in [-0.2, -0.15) is 8.61 Å². The summed E-state index contributed by atoms with van der Waals surface area (Å²) < 4.78 is 70.2. The number of amides is 1. The van der Waals surface area contributed by atoms with E-state index in [-0.39, 0.29) is 53.0 Å². The molecule has 1 amide bonds. The van der Waals surface area contributed by atoms with Gasteiger partial charge >= 0.3 is 0 Å². The van der Waals surface area contributed by atoms with E-state index in [0.29, 0.717) is 26.4 Å². The number of hydrogen-bond acceptors (Lipinski definition) is 8. The molecule has 2 aliphatic rings. The number of methoxy groups -OCH3 is 1. The Morgan fingerprint density at radius 1 is 0.829 bits per heavy atom. The second kappa shape index (κ2) is 10.6. The molecule has 35 heavy (non-hydrogen) atoms. The fourth-order valence-corrected chi connectivity index (χ4v) is 6.80. The molecule has 0 spiro atoms. The average molecular weight is 526 g/mol. The van der Waals surface area contributed by atoms with Crippen LogP contribution in [0.3, 0.4) is 0 Å². The minimum atomic E-state index is -3.86. The maximum atomic E-state index is 13.1. The zero-order valence-electron chi connectivity index (χ0n) is 19.2. The fraction of sp³-hybridized carbons (Fsp3) is 0.409. The van der Waals surface area contributed by atoms with Crippen LogP contribution in [0.2, 0.25) is 0 Å². The zero-order valence-corrected chi connectivity index (χ0v) is 20.8. The number of morpholine rings is 2. The van der Waals surface area contributed by atoms with Crippen molar-refractivity contribution in [3.05, 3.63) is 48.0 Å². The predicted octanol–water partition coefficient (Wildman–Crippen LogP) is 0.989. The van der Waals surface area contributed by atoms with Crippen molar-refractivity contribution >= 4 is 31.6 Å². The Balaban J connectivity index is 1.52. The SMILES string of the molecule is COc1ccc(NC(=O)c2ccc(S(=O)(=O)N3CCOCC3)cc2)cc1S(=O)(=O)N1CCOCC1. The maximum Gasteiger partial charge on any atom is 0.255 e. The van der Waals surface area contributed by atoms with E-state index in [1.165, 1.54) is 58.2 Å². The molecule has 13 heteroatoms. The molecule has 0 aromatic heterocycles. The average Bonchev–Trinajstić information content (AvgIpc) is 2.89. The number of sulfonamides is 2. The first-order chi connectivity index (χ1) is 16.7. The zero-order chi connectivity index (χ0) is 25.1. The summed E-state index contributed by atoms with van der Waals surface area (Å²) in [5.74, 6) is -0.354. The van der Waals surface area contributed by atoms with Gasteiger partial charge in [-0.1, -0.05) is 0 Å². The lowest BCUT2D eigenvalue weighted by Gasteiger charge is -2.26. The van der Waals surface area contributed by atoms with Gasteiger partial charge in [-0.15, -0.1) is 0 Å². The van der Waals surface area contributed by atoms with Gasteiger partial charge in [0.1, 0.15) is 10.6 Å². The van der Waals surface area contributed by atoms with Crippen molar-refractivity contribution in [2.45, 2.75) is 9.79 Å². The Morgan fingerprint density at radius 3 is 1.91 bits per heavy atom. The van der Waals surface area contributed by atoms with Gasteiger partial charge in [0.15, 0.2) is 0 Å². The lowest BCUT2D eigenvalue weighted by atomic mass is 10.2. The molecule has 190 valence electrons. The van der Waals surface area contributed by atoms with Crippen molar-refractivity contribution in [3.8, 4) is 5.75 Å². The topological polar surface area (TPSA) is 132 Å². The lowest BCUT2D eigenvalue weighted by Crippen LogP contribution is -2.40. The van der Waals surface area contributed by atoms with Crippen LogP contribution in [-0.4, -0.2) is 91.1 Å². The molecule has 0 radical (unpaired) electrons. The quantitative estimate of drug-likeness (QED) is 0.566. The molecule has 0 aliphatic carbocycles. The molecule has 2 heterocycles. The van der Waals surface area contributed by atoms with E-state index in [0.717, 1.165) is 0 Å². The Kier molecular flexibility index (Phi) is 7.73. The van der Waals surface area contributed by atoms with Crippen molar-refractivity contribution in [1.29, 1.82) is 0 Å². The summed E-state index contributed by atoms with van der Waals surface area (Å²) >= 11 is 0.